The molecule has 1 amide bonds. The number of benzene rings is 2. The van der Waals surface area contributed by atoms with Crippen molar-refractivity contribution in [3.05, 3.63) is 71.4 Å². The van der Waals surface area contributed by atoms with Crippen LogP contribution in [-0.4, -0.2) is 62.6 Å². The first-order valence-corrected chi connectivity index (χ1v) is 10.7. The van der Waals surface area contributed by atoms with Crippen molar-refractivity contribution in [2.45, 2.75) is 19.3 Å². The van der Waals surface area contributed by atoms with Crippen molar-refractivity contribution >= 4 is 37.9 Å². The van der Waals surface area contributed by atoms with Gasteiger partial charge < -0.3 is 0 Å². The quantitative estimate of drug-likeness (QED) is 0.531. The molecule has 5 heteroatoms. The molecule has 0 aromatic heterocycles. The van der Waals surface area contributed by atoms with Gasteiger partial charge in [-0.15, -0.1) is 0 Å². The second-order valence-electron chi connectivity index (χ2n) is 7.35. The Hall–Kier alpha value is -2.36. The summed E-state index contributed by atoms with van der Waals surface area (Å²) in [6.07, 6.45) is 5.37. The summed E-state index contributed by atoms with van der Waals surface area (Å²) in [5, 5.41) is 0. The third-order valence-corrected chi connectivity index (χ3v) is 6.52. The summed E-state index contributed by atoms with van der Waals surface area (Å²) in [4.78, 5) is 19.2. The second kappa shape index (κ2) is 8.34. The zero-order valence-electron chi connectivity index (χ0n) is 16.2. The van der Waals surface area contributed by atoms with E-state index in [1.54, 1.807) is 0 Å². The van der Waals surface area contributed by atoms with Gasteiger partial charge in [0.15, 0.2) is 0 Å². The topological polar surface area (TPSA) is 26.8 Å². The monoisotopic (exact) mass is 439 g/mol. The molecule has 2 aromatic carbocycles. The Labute approximate surface area is 174 Å². The average molecular weight is 438 g/mol. The van der Waals surface area contributed by atoms with Gasteiger partial charge >= 0.3 is 175 Å². The third-order valence-electron chi connectivity index (χ3n) is 5.48. The molecular weight excluding hydrogens is 413 g/mol. The third kappa shape index (κ3) is 3.91. The van der Waals surface area contributed by atoms with E-state index in [4.69, 9.17) is 0 Å². The molecule has 0 saturated carbocycles. The van der Waals surface area contributed by atoms with Gasteiger partial charge in [-0.1, -0.05) is 0 Å². The van der Waals surface area contributed by atoms with Crippen LogP contribution in [0.15, 0.2) is 60.3 Å². The van der Waals surface area contributed by atoms with Gasteiger partial charge in [0.1, 0.15) is 0 Å². The average Bonchev–Trinajstić information content (AvgIpc) is 3.33. The van der Waals surface area contributed by atoms with Gasteiger partial charge in [0.05, 0.1) is 0 Å². The van der Waals surface area contributed by atoms with Crippen LogP contribution in [0.2, 0.25) is 0 Å². The SMILES string of the molecule is CN1C(=[Se])N(CCc2ccccc2)C(=O)/C1=C\c1ccc(N2CCCC2)cc1. The zero-order valence-corrected chi connectivity index (χ0v) is 17.9. The molecule has 0 aliphatic carbocycles. The van der Waals surface area contributed by atoms with E-state index >= 15 is 0 Å². The standard InChI is InChI=1S/C23H25N3OSe/c1-24-21(17-19-9-11-20(12-10-19)25-14-5-6-15-25)22(27)26(23(24)28)16-13-18-7-3-2-4-8-18/h2-4,7-12,17H,5-6,13-16H2,1H3/b21-17+. The Kier molecular flexibility index (Phi) is 5.65. The van der Waals surface area contributed by atoms with Crippen molar-refractivity contribution in [1.82, 2.24) is 9.80 Å². The summed E-state index contributed by atoms with van der Waals surface area (Å²) >= 11 is 3.07. The number of carbonyl (C=O) groups is 1. The number of hydrogen-bond donors (Lipinski definition) is 0. The fourth-order valence-electron chi connectivity index (χ4n) is 3.81. The number of carbonyl (C=O) groups excluding carboxylic acids is 1. The molecule has 0 radical (unpaired) electrons. The maximum atomic E-state index is 13.0. The van der Waals surface area contributed by atoms with Crippen LogP contribution in [0, 0.1) is 0 Å². The van der Waals surface area contributed by atoms with Crippen molar-refractivity contribution < 1.29 is 4.79 Å². The summed E-state index contributed by atoms with van der Waals surface area (Å²) in [6, 6.07) is 18.8. The summed E-state index contributed by atoms with van der Waals surface area (Å²) in [5.74, 6) is 0.0517. The van der Waals surface area contributed by atoms with Gasteiger partial charge in [0.2, 0.25) is 0 Å². The molecule has 2 saturated heterocycles. The second-order valence-corrected chi connectivity index (χ2v) is 8.12. The Balaban J connectivity index is 1.47. The van der Waals surface area contributed by atoms with Crippen LogP contribution in [0.1, 0.15) is 24.0 Å². The molecule has 2 aliphatic rings. The van der Waals surface area contributed by atoms with Gasteiger partial charge in [0.25, 0.3) is 0 Å². The molecule has 144 valence electrons. The van der Waals surface area contributed by atoms with E-state index in [0.717, 1.165) is 29.7 Å². The Morgan fingerprint density at radius 1 is 1.00 bits per heavy atom. The first-order valence-electron chi connectivity index (χ1n) is 9.84. The molecular formula is C23H25N3OSe. The van der Waals surface area contributed by atoms with Crippen LogP contribution in [0.4, 0.5) is 5.69 Å². The molecule has 2 aliphatic heterocycles. The fourth-order valence-corrected chi connectivity index (χ4v) is 4.38. The molecule has 0 bridgehead atoms. The molecule has 28 heavy (non-hydrogen) atoms. The van der Waals surface area contributed by atoms with Crippen LogP contribution >= 0.6 is 0 Å². The molecule has 0 spiro atoms. The Morgan fingerprint density at radius 3 is 2.36 bits per heavy atom. The van der Waals surface area contributed by atoms with Gasteiger partial charge in [0, 0.05) is 0 Å². The molecule has 4 rings (SSSR count). The summed E-state index contributed by atoms with van der Waals surface area (Å²) in [6.45, 7) is 2.95. The number of rotatable bonds is 5. The van der Waals surface area contributed by atoms with E-state index in [-0.39, 0.29) is 5.91 Å². The number of nitrogens with zero attached hydrogens (tertiary/aromatic N) is 3. The van der Waals surface area contributed by atoms with Crippen LogP contribution in [-0.2, 0) is 11.2 Å². The van der Waals surface area contributed by atoms with E-state index in [9.17, 15) is 4.79 Å². The minimum atomic E-state index is 0.0517. The van der Waals surface area contributed by atoms with Crippen molar-refractivity contribution in [2.75, 3.05) is 31.6 Å². The Morgan fingerprint density at radius 2 is 1.68 bits per heavy atom. The van der Waals surface area contributed by atoms with Gasteiger partial charge in [-0.05, 0) is 0 Å². The number of hydrogen-bond acceptors (Lipinski definition) is 3. The Bertz CT molecular complexity index is 886. The number of likely N-dealkylation sites (N-methyl/N-ethyl adjacent to an activating group) is 1. The predicted molar refractivity (Wildman–Crippen MR) is 116 cm³/mol. The molecule has 0 atom stereocenters. The molecule has 2 aromatic rings. The summed E-state index contributed by atoms with van der Waals surface area (Å²) in [7, 11) is 1.94. The number of anilines is 1. The molecule has 0 unspecified atom stereocenters. The minimum absolute atomic E-state index is 0.0517. The van der Waals surface area contributed by atoms with Gasteiger partial charge in [-0.3, -0.25) is 0 Å². The molecule has 2 heterocycles. The summed E-state index contributed by atoms with van der Waals surface area (Å²) in [5.41, 5.74) is 4.26. The number of amides is 1. The molecule has 4 nitrogen and oxygen atoms in total. The van der Waals surface area contributed by atoms with E-state index < -0.39 is 0 Å². The van der Waals surface area contributed by atoms with E-state index in [1.165, 1.54) is 24.1 Å². The van der Waals surface area contributed by atoms with Gasteiger partial charge in [-0.25, -0.2) is 0 Å². The molecule has 2 fully saturated rings. The van der Waals surface area contributed by atoms with Crippen LogP contribution in [0.25, 0.3) is 6.08 Å². The van der Waals surface area contributed by atoms with Crippen molar-refractivity contribution in [1.29, 1.82) is 0 Å². The van der Waals surface area contributed by atoms with Crippen molar-refractivity contribution in [2.24, 2.45) is 0 Å². The van der Waals surface area contributed by atoms with Crippen LogP contribution in [0.3, 0.4) is 0 Å². The maximum absolute atomic E-state index is 13.0. The van der Waals surface area contributed by atoms with Crippen molar-refractivity contribution in [3.8, 4) is 0 Å². The van der Waals surface area contributed by atoms with E-state index in [1.807, 2.05) is 41.1 Å². The van der Waals surface area contributed by atoms with E-state index in [2.05, 4.69) is 56.9 Å². The van der Waals surface area contributed by atoms with Crippen LogP contribution in [0.5, 0.6) is 0 Å². The first kappa shape index (κ1) is 19.0. The first-order chi connectivity index (χ1) is 13.6. The molecule has 0 N–H and O–H groups in total. The summed E-state index contributed by atoms with van der Waals surface area (Å²) < 4.78 is 0.862. The van der Waals surface area contributed by atoms with Crippen molar-refractivity contribution in [3.63, 3.8) is 0 Å². The van der Waals surface area contributed by atoms with Gasteiger partial charge in [-0.2, -0.15) is 0 Å². The van der Waals surface area contributed by atoms with E-state index in [0.29, 0.717) is 12.2 Å². The zero-order chi connectivity index (χ0) is 19.5. The van der Waals surface area contributed by atoms with Crippen LogP contribution < -0.4 is 4.90 Å². The predicted octanol–water partition coefficient (Wildman–Crippen LogP) is 2.90. The fraction of sp³-hybridized carbons (Fsp3) is 0.304. The normalized spacial score (nSPS) is 18.6.